The van der Waals surface area contributed by atoms with Gasteiger partial charge in [-0.2, -0.15) is 0 Å². The minimum Gasteiger partial charge on any atom is -0.459 e. The average molecular weight is 327 g/mol. The summed E-state index contributed by atoms with van der Waals surface area (Å²) in [7, 11) is 0. The number of aryl methyl sites for hydroxylation is 1. The molecule has 0 radical (unpaired) electrons. The van der Waals surface area contributed by atoms with Crippen LogP contribution in [0.3, 0.4) is 0 Å². The number of piperidine rings is 1. The van der Waals surface area contributed by atoms with Crippen LogP contribution in [-0.2, 0) is 11.3 Å². The van der Waals surface area contributed by atoms with Crippen LogP contribution in [0.15, 0.2) is 28.7 Å². The molecule has 1 aromatic carbocycles. The largest absolute Gasteiger partial charge is 0.459 e. The highest BCUT2D eigenvalue weighted by molar-refractivity contribution is 5.83. The molecule has 1 aromatic heterocycles. The van der Waals surface area contributed by atoms with Crippen LogP contribution in [0.5, 0.6) is 0 Å². The van der Waals surface area contributed by atoms with Gasteiger partial charge in [0.15, 0.2) is 0 Å². The maximum Gasteiger partial charge on any atom is 0.237 e. The van der Waals surface area contributed by atoms with Gasteiger partial charge in [0.05, 0.1) is 12.6 Å². The zero-order valence-corrected chi connectivity index (χ0v) is 14.2. The molecule has 1 spiro atoms. The minimum atomic E-state index is -0.0761. The predicted octanol–water partition coefficient (Wildman–Crippen LogP) is 2.09. The van der Waals surface area contributed by atoms with Gasteiger partial charge in [-0.1, -0.05) is 18.2 Å². The van der Waals surface area contributed by atoms with E-state index in [0.29, 0.717) is 12.0 Å². The van der Waals surface area contributed by atoms with Gasteiger partial charge in [0.25, 0.3) is 0 Å². The molecular weight excluding hydrogens is 302 g/mol. The van der Waals surface area contributed by atoms with Crippen LogP contribution < -0.4 is 16.0 Å². The van der Waals surface area contributed by atoms with Gasteiger partial charge in [-0.15, -0.1) is 0 Å². The summed E-state index contributed by atoms with van der Waals surface area (Å²) in [6.07, 6.45) is 3.26. The van der Waals surface area contributed by atoms with Gasteiger partial charge < -0.3 is 20.4 Å². The number of carbonyl (C=O) groups excluding carboxylic acids is 1. The SMILES string of the molecule is Cc1c(CNC(=O)[C@@H]2CC3(CCNCC3)CN2)oc2ccccc12. The van der Waals surface area contributed by atoms with Gasteiger partial charge >= 0.3 is 0 Å². The molecule has 1 amide bonds. The molecule has 2 saturated heterocycles. The van der Waals surface area contributed by atoms with Crippen molar-refractivity contribution in [3.05, 3.63) is 35.6 Å². The number of fused-ring (bicyclic) bond motifs is 1. The third-order valence-electron chi connectivity index (χ3n) is 5.71. The fourth-order valence-electron chi connectivity index (χ4n) is 4.12. The van der Waals surface area contributed by atoms with Crippen molar-refractivity contribution in [3.63, 3.8) is 0 Å². The highest BCUT2D eigenvalue weighted by Crippen LogP contribution is 2.37. The Kier molecular flexibility index (Phi) is 4.06. The van der Waals surface area contributed by atoms with Crippen molar-refractivity contribution in [1.82, 2.24) is 16.0 Å². The lowest BCUT2D eigenvalue weighted by molar-refractivity contribution is -0.123. The number of benzene rings is 1. The predicted molar refractivity (Wildman–Crippen MR) is 93.7 cm³/mol. The second kappa shape index (κ2) is 6.22. The summed E-state index contributed by atoms with van der Waals surface area (Å²) in [4.78, 5) is 12.5. The summed E-state index contributed by atoms with van der Waals surface area (Å²) in [6.45, 7) is 5.58. The van der Waals surface area contributed by atoms with Crippen LogP contribution in [0.2, 0.25) is 0 Å². The van der Waals surface area contributed by atoms with E-state index in [1.165, 1.54) is 0 Å². The summed E-state index contributed by atoms with van der Waals surface area (Å²) in [5, 5.41) is 11.0. The molecule has 2 aliphatic heterocycles. The Labute approximate surface area is 142 Å². The van der Waals surface area contributed by atoms with Crippen molar-refractivity contribution in [2.24, 2.45) is 5.41 Å². The second-order valence-corrected chi connectivity index (χ2v) is 7.25. The van der Waals surface area contributed by atoms with Crippen molar-refractivity contribution in [3.8, 4) is 0 Å². The lowest BCUT2D eigenvalue weighted by atomic mass is 9.77. The van der Waals surface area contributed by atoms with Crippen molar-refractivity contribution in [2.75, 3.05) is 19.6 Å². The van der Waals surface area contributed by atoms with E-state index in [9.17, 15) is 4.79 Å². The summed E-state index contributed by atoms with van der Waals surface area (Å²) in [6, 6.07) is 7.92. The Balaban J connectivity index is 1.39. The molecule has 0 saturated carbocycles. The highest BCUT2D eigenvalue weighted by atomic mass is 16.3. The van der Waals surface area contributed by atoms with E-state index in [-0.39, 0.29) is 11.9 Å². The standard InChI is InChI=1S/C19H25N3O2/c1-13-14-4-2-3-5-16(14)24-17(13)11-21-18(23)15-10-19(12-22-15)6-8-20-9-7-19/h2-5,15,20,22H,6-12H2,1H3,(H,21,23)/t15-/m0/s1. The van der Waals surface area contributed by atoms with Crippen LogP contribution in [0, 0.1) is 12.3 Å². The molecule has 5 nitrogen and oxygen atoms in total. The van der Waals surface area contributed by atoms with Gasteiger partial charge in [-0.3, -0.25) is 4.79 Å². The van der Waals surface area contributed by atoms with E-state index in [1.54, 1.807) is 0 Å². The highest BCUT2D eigenvalue weighted by Gasteiger charge is 2.42. The van der Waals surface area contributed by atoms with E-state index in [1.807, 2.05) is 25.1 Å². The zero-order chi connectivity index (χ0) is 16.6. The number of amides is 1. The lowest BCUT2D eigenvalue weighted by Crippen LogP contribution is -2.40. The molecule has 2 aromatic rings. The Bertz CT molecular complexity index is 746. The Morgan fingerprint density at radius 3 is 2.92 bits per heavy atom. The molecule has 128 valence electrons. The van der Waals surface area contributed by atoms with Crippen LogP contribution in [0.4, 0.5) is 0 Å². The Morgan fingerprint density at radius 2 is 2.12 bits per heavy atom. The third-order valence-corrected chi connectivity index (χ3v) is 5.71. The maximum atomic E-state index is 12.5. The Hall–Kier alpha value is -1.85. The molecule has 0 aliphatic carbocycles. The number of hydrogen-bond donors (Lipinski definition) is 3. The van der Waals surface area contributed by atoms with Crippen molar-refractivity contribution >= 4 is 16.9 Å². The topological polar surface area (TPSA) is 66.3 Å². The van der Waals surface area contributed by atoms with E-state index in [0.717, 1.165) is 61.2 Å². The molecule has 4 rings (SSSR count). The molecule has 0 bridgehead atoms. The molecule has 24 heavy (non-hydrogen) atoms. The van der Waals surface area contributed by atoms with E-state index in [2.05, 4.69) is 22.0 Å². The van der Waals surface area contributed by atoms with Crippen LogP contribution in [-0.4, -0.2) is 31.6 Å². The number of hydrogen-bond acceptors (Lipinski definition) is 4. The Morgan fingerprint density at radius 1 is 1.33 bits per heavy atom. The quantitative estimate of drug-likeness (QED) is 0.808. The molecule has 0 unspecified atom stereocenters. The van der Waals surface area contributed by atoms with Crippen molar-refractivity contribution in [2.45, 2.75) is 38.8 Å². The maximum absolute atomic E-state index is 12.5. The molecule has 1 atom stereocenters. The van der Waals surface area contributed by atoms with Gasteiger partial charge in [-0.05, 0) is 50.8 Å². The summed E-state index contributed by atoms with van der Waals surface area (Å²) in [5.74, 6) is 0.935. The minimum absolute atomic E-state index is 0.0761. The van der Waals surface area contributed by atoms with Gasteiger partial charge in [0, 0.05) is 17.5 Å². The monoisotopic (exact) mass is 327 g/mol. The first kappa shape index (κ1) is 15.7. The van der Waals surface area contributed by atoms with Crippen LogP contribution >= 0.6 is 0 Å². The van der Waals surface area contributed by atoms with Gasteiger partial charge in [0.2, 0.25) is 5.91 Å². The van der Waals surface area contributed by atoms with Gasteiger partial charge in [-0.25, -0.2) is 0 Å². The molecule has 3 heterocycles. The number of nitrogens with one attached hydrogen (secondary N) is 3. The van der Waals surface area contributed by atoms with Gasteiger partial charge in [0.1, 0.15) is 11.3 Å². The molecular formula is C19H25N3O2. The summed E-state index contributed by atoms with van der Waals surface area (Å²) in [5.41, 5.74) is 2.30. The smallest absolute Gasteiger partial charge is 0.237 e. The first-order chi connectivity index (χ1) is 11.7. The number of rotatable bonds is 3. The van der Waals surface area contributed by atoms with Crippen molar-refractivity contribution in [1.29, 1.82) is 0 Å². The normalized spacial score (nSPS) is 23.0. The number of para-hydroxylation sites is 1. The summed E-state index contributed by atoms with van der Waals surface area (Å²) >= 11 is 0. The van der Waals surface area contributed by atoms with E-state index in [4.69, 9.17) is 4.42 Å². The lowest BCUT2D eigenvalue weighted by Gasteiger charge is -2.33. The molecule has 3 N–H and O–H groups in total. The second-order valence-electron chi connectivity index (χ2n) is 7.25. The average Bonchev–Trinajstić information content (AvgIpc) is 3.16. The third kappa shape index (κ3) is 2.82. The first-order valence-electron chi connectivity index (χ1n) is 8.86. The number of carbonyl (C=O) groups is 1. The fraction of sp³-hybridized carbons (Fsp3) is 0.526. The molecule has 2 fully saturated rings. The number of furan rings is 1. The fourth-order valence-corrected chi connectivity index (χ4v) is 4.12. The van der Waals surface area contributed by atoms with E-state index >= 15 is 0 Å². The zero-order valence-electron chi connectivity index (χ0n) is 14.2. The first-order valence-corrected chi connectivity index (χ1v) is 8.86. The molecule has 2 aliphatic rings. The summed E-state index contributed by atoms with van der Waals surface area (Å²) < 4.78 is 5.88. The van der Waals surface area contributed by atoms with Crippen LogP contribution in [0.1, 0.15) is 30.6 Å². The molecule has 5 heteroatoms. The van der Waals surface area contributed by atoms with Crippen molar-refractivity contribution < 1.29 is 9.21 Å². The van der Waals surface area contributed by atoms with E-state index < -0.39 is 0 Å². The van der Waals surface area contributed by atoms with Crippen LogP contribution in [0.25, 0.3) is 11.0 Å².